The van der Waals surface area contributed by atoms with Crippen molar-refractivity contribution in [1.82, 2.24) is 9.97 Å². The molecule has 2 N–H and O–H groups in total. The number of nitrogens with zero attached hydrogens (tertiary/aromatic N) is 3. The molecule has 0 spiro atoms. The van der Waals surface area contributed by atoms with Gasteiger partial charge in [0.05, 0.1) is 17.6 Å². The van der Waals surface area contributed by atoms with E-state index in [-0.39, 0.29) is 0 Å². The molecule has 4 nitrogen and oxygen atoms in total. The molecule has 0 fully saturated rings. The average Bonchev–Trinajstić information content (AvgIpc) is 2.93. The second-order valence-corrected chi connectivity index (χ2v) is 6.46. The second kappa shape index (κ2) is 5.50. The van der Waals surface area contributed by atoms with Gasteiger partial charge in [-0.15, -0.1) is 11.3 Å². The van der Waals surface area contributed by atoms with Crippen molar-refractivity contribution in [3.63, 3.8) is 0 Å². The quantitative estimate of drug-likeness (QED) is 0.943. The van der Waals surface area contributed by atoms with Gasteiger partial charge in [0, 0.05) is 30.4 Å². The largest absolute Gasteiger partial charge is 0.364 e. The van der Waals surface area contributed by atoms with Gasteiger partial charge in [0.2, 0.25) is 0 Å². The average molecular weight is 288 g/mol. The molecule has 0 atom stereocenters. The lowest BCUT2D eigenvalue weighted by molar-refractivity contribution is 0.711. The molecule has 1 aliphatic heterocycles. The molecule has 0 saturated heterocycles. The Balaban J connectivity index is 1.91. The van der Waals surface area contributed by atoms with Gasteiger partial charge in [-0.2, -0.15) is 0 Å². The summed E-state index contributed by atoms with van der Waals surface area (Å²) in [5.74, 6) is 1.21. The normalized spacial score (nSPS) is 14.7. The van der Waals surface area contributed by atoms with Crippen molar-refractivity contribution in [2.24, 2.45) is 5.73 Å². The van der Waals surface area contributed by atoms with Gasteiger partial charge in [0.1, 0.15) is 5.82 Å². The number of fused-ring (bicyclic) bond motifs is 1. The fraction of sp³-hybridized carbons (Fsp3) is 0.467. The molecule has 20 heavy (non-hydrogen) atoms. The molecule has 106 valence electrons. The van der Waals surface area contributed by atoms with Crippen molar-refractivity contribution >= 4 is 17.0 Å². The minimum atomic E-state index is 0.333. The Morgan fingerprint density at radius 3 is 3.05 bits per heavy atom. The minimum Gasteiger partial charge on any atom is -0.364 e. The van der Waals surface area contributed by atoms with Crippen LogP contribution in [0.25, 0.3) is 0 Å². The zero-order valence-corrected chi connectivity index (χ0v) is 12.8. The van der Waals surface area contributed by atoms with Crippen LogP contribution in [0.15, 0.2) is 17.6 Å². The number of aromatic nitrogens is 2. The first kappa shape index (κ1) is 13.5. The molecular weight excluding hydrogens is 268 g/mol. The molecule has 2 aromatic rings. The van der Waals surface area contributed by atoms with E-state index in [9.17, 15) is 0 Å². The Morgan fingerprint density at radius 1 is 1.45 bits per heavy atom. The Morgan fingerprint density at radius 2 is 2.30 bits per heavy atom. The first-order valence-electron chi connectivity index (χ1n) is 7.05. The number of hydrogen-bond acceptors (Lipinski definition) is 5. The maximum absolute atomic E-state index is 5.89. The zero-order chi connectivity index (χ0) is 14.1. The molecule has 0 amide bonds. The van der Waals surface area contributed by atoms with E-state index in [1.165, 1.54) is 10.4 Å². The van der Waals surface area contributed by atoms with E-state index in [1.807, 2.05) is 17.5 Å². The molecule has 0 bridgehead atoms. The third-order valence-corrected chi connectivity index (χ3v) is 4.75. The van der Waals surface area contributed by atoms with Crippen LogP contribution in [0.5, 0.6) is 0 Å². The SMILES string of the molecule is CC(C)c1ncc(N2CCc3sccc3C2)c(CN)n1. The third-order valence-electron chi connectivity index (χ3n) is 3.72. The van der Waals surface area contributed by atoms with E-state index in [0.717, 1.165) is 36.7 Å². The van der Waals surface area contributed by atoms with Gasteiger partial charge in [-0.25, -0.2) is 9.97 Å². The summed E-state index contributed by atoms with van der Waals surface area (Å²) in [5.41, 5.74) is 9.37. The van der Waals surface area contributed by atoms with Gasteiger partial charge < -0.3 is 10.6 Å². The molecule has 3 heterocycles. The molecule has 2 aromatic heterocycles. The van der Waals surface area contributed by atoms with Crippen molar-refractivity contribution in [2.75, 3.05) is 11.4 Å². The summed E-state index contributed by atoms with van der Waals surface area (Å²) < 4.78 is 0. The maximum atomic E-state index is 5.89. The van der Waals surface area contributed by atoms with Crippen LogP contribution < -0.4 is 10.6 Å². The van der Waals surface area contributed by atoms with Gasteiger partial charge >= 0.3 is 0 Å². The van der Waals surface area contributed by atoms with Crippen LogP contribution in [0.4, 0.5) is 5.69 Å². The highest BCUT2D eigenvalue weighted by atomic mass is 32.1. The highest BCUT2D eigenvalue weighted by Gasteiger charge is 2.20. The maximum Gasteiger partial charge on any atom is 0.131 e. The monoisotopic (exact) mass is 288 g/mol. The summed E-state index contributed by atoms with van der Waals surface area (Å²) in [7, 11) is 0. The van der Waals surface area contributed by atoms with Gasteiger partial charge in [-0.3, -0.25) is 0 Å². The van der Waals surface area contributed by atoms with E-state index in [1.54, 1.807) is 0 Å². The van der Waals surface area contributed by atoms with Gasteiger partial charge in [-0.1, -0.05) is 13.8 Å². The molecule has 0 aliphatic carbocycles. The Kier molecular flexibility index (Phi) is 3.72. The van der Waals surface area contributed by atoms with Crippen LogP contribution in [-0.4, -0.2) is 16.5 Å². The molecule has 0 radical (unpaired) electrons. The minimum absolute atomic E-state index is 0.333. The fourth-order valence-corrected chi connectivity index (χ4v) is 3.46. The van der Waals surface area contributed by atoms with Crippen LogP contribution in [0, 0.1) is 0 Å². The van der Waals surface area contributed by atoms with E-state index >= 15 is 0 Å². The van der Waals surface area contributed by atoms with Crippen molar-refractivity contribution in [3.05, 3.63) is 39.6 Å². The Labute approximate surface area is 123 Å². The summed E-state index contributed by atoms with van der Waals surface area (Å²) in [6, 6.07) is 2.22. The summed E-state index contributed by atoms with van der Waals surface area (Å²) in [6.07, 6.45) is 3.05. The van der Waals surface area contributed by atoms with Crippen LogP contribution in [0.1, 0.15) is 41.7 Å². The number of anilines is 1. The number of rotatable bonds is 3. The number of thiophene rings is 1. The standard InChI is InChI=1S/C15H20N4S/c1-10(2)15-17-8-13(12(7-16)18-15)19-5-3-14-11(9-19)4-6-20-14/h4,6,8,10H,3,5,7,9,16H2,1-2H3. The van der Waals surface area contributed by atoms with E-state index in [2.05, 4.69) is 40.2 Å². The molecule has 5 heteroatoms. The summed E-state index contributed by atoms with van der Waals surface area (Å²) >= 11 is 1.86. The van der Waals surface area contributed by atoms with Crippen LogP contribution in [0.3, 0.4) is 0 Å². The highest BCUT2D eigenvalue weighted by molar-refractivity contribution is 7.10. The first-order valence-corrected chi connectivity index (χ1v) is 7.93. The second-order valence-electron chi connectivity index (χ2n) is 5.46. The molecule has 0 unspecified atom stereocenters. The number of nitrogens with two attached hydrogens (primary N) is 1. The smallest absolute Gasteiger partial charge is 0.131 e. The summed E-state index contributed by atoms with van der Waals surface area (Å²) in [4.78, 5) is 13.0. The van der Waals surface area contributed by atoms with Crippen LogP contribution >= 0.6 is 11.3 Å². The van der Waals surface area contributed by atoms with Gasteiger partial charge in [0.25, 0.3) is 0 Å². The van der Waals surface area contributed by atoms with E-state index in [4.69, 9.17) is 5.73 Å². The first-order chi connectivity index (χ1) is 9.69. The third kappa shape index (κ3) is 2.43. The number of hydrogen-bond donors (Lipinski definition) is 1. The predicted octanol–water partition coefficient (Wildman–Crippen LogP) is 2.68. The topological polar surface area (TPSA) is 55.0 Å². The van der Waals surface area contributed by atoms with E-state index in [0.29, 0.717) is 12.5 Å². The fourth-order valence-electron chi connectivity index (χ4n) is 2.57. The van der Waals surface area contributed by atoms with Crippen LogP contribution in [0.2, 0.25) is 0 Å². The highest BCUT2D eigenvalue weighted by Crippen LogP contribution is 2.29. The summed E-state index contributed by atoms with van der Waals surface area (Å²) in [6.45, 7) is 6.63. The Bertz CT molecular complexity index is 606. The lowest BCUT2D eigenvalue weighted by Gasteiger charge is -2.30. The Hall–Kier alpha value is -1.46. The van der Waals surface area contributed by atoms with Crippen molar-refractivity contribution in [2.45, 2.75) is 39.3 Å². The van der Waals surface area contributed by atoms with E-state index < -0.39 is 0 Å². The van der Waals surface area contributed by atoms with Crippen molar-refractivity contribution < 1.29 is 0 Å². The molecule has 3 rings (SSSR count). The summed E-state index contributed by atoms with van der Waals surface area (Å²) in [5, 5.41) is 2.18. The van der Waals surface area contributed by atoms with Crippen LogP contribution in [-0.2, 0) is 19.5 Å². The van der Waals surface area contributed by atoms with Gasteiger partial charge in [-0.05, 0) is 23.4 Å². The van der Waals surface area contributed by atoms with Crippen molar-refractivity contribution in [1.29, 1.82) is 0 Å². The lowest BCUT2D eigenvalue weighted by Crippen LogP contribution is -2.31. The van der Waals surface area contributed by atoms with Crippen molar-refractivity contribution in [3.8, 4) is 0 Å². The molecule has 1 aliphatic rings. The van der Waals surface area contributed by atoms with Gasteiger partial charge in [0.15, 0.2) is 0 Å². The molecule has 0 saturated carbocycles. The predicted molar refractivity (Wildman–Crippen MR) is 83.1 cm³/mol. The molecule has 0 aromatic carbocycles. The lowest BCUT2D eigenvalue weighted by atomic mass is 10.1. The zero-order valence-electron chi connectivity index (χ0n) is 12.0. The molecular formula is C15H20N4S.